The summed E-state index contributed by atoms with van der Waals surface area (Å²) in [5.41, 5.74) is 8.95. The van der Waals surface area contributed by atoms with E-state index >= 15 is 0 Å². The summed E-state index contributed by atoms with van der Waals surface area (Å²) in [5, 5.41) is 9.95. The lowest BCUT2D eigenvalue weighted by atomic mass is 10.0. The first-order valence-electron chi connectivity index (χ1n) is 8.20. The van der Waals surface area contributed by atoms with Crippen molar-refractivity contribution in [2.75, 3.05) is 31.1 Å². The maximum Gasteiger partial charge on any atom is 0.244 e. The molecule has 2 aromatic rings. The van der Waals surface area contributed by atoms with Gasteiger partial charge in [-0.15, -0.1) is 0 Å². The van der Waals surface area contributed by atoms with E-state index < -0.39 is 6.04 Å². The van der Waals surface area contributed by atoms with Crippen molar-refractivity contribution in [1.82, 2.24) is 4.90 Å². The second-order valence-corrected chi connectivity index (χ2v) is 6.19. The largest absolute Gasteiger partial charge is 0.506 e. The van der Waals surface area contributed by atoms with E-state index in [4.69, 9.17) is 5.73 Å². The van der Waals surface area contributed by atoms with Crippen molar-refractivity contribution in [3.63, 3.8) is 0 Å². The second kappa shape index (κ2) is 6.93. The van der Waals surface area contributed by atoms with Crippen LogP contribution in [-0.4, -0.2) is 42.1 Å². The molecule has 1 atom stereocenters. The van der Waals surface area contributed by atoms with Gasteiger partial charge < -0.3 is 20.6 Å². The molecular weight excluding hydrogens is 302 g/mol. The Balaban J connectivity index is 1.63. The van der Waals surface area contributed by atoms with Crippen LogP contribution in [0.4, 0.5) is 5.69 Å². The van der Waals surface area contributed by atoms with E-state index in [0.29, 0.717) is 26.2 Å². The fourth-order valence-corrected chi connectivity index (χ4v) is 3.01. The molecule has 3 rings (SSSR count). The molecule has 24 heavy (non-hydrogen) atoms. The molecule has 0 aromatic heterocycles. The number of nitrogens with two attached hydrogens (primary N) is 1. The van der Waals surface area contributed by atoms with Gasteiger partial charge in [0.15, 0.2) is 0 Å². The van der Waals surface area contributed by atoms with E-state index in [-0.39, 0.29) is 11.7 Å². The van der Waals surface area contributed by atoms with Crippen LogP contribution < -0.4 is 10.6 Å². The summed E-state index contributed by atoms with van der Waals surface area (Å²) in [7, 11) is 0. The first-order chi connectivity index (χ1) is 11.6. The Morgan fingerprint density at radius 2 is 1.67 bits per heavy atom. The lowest BCUT2D eigenvalue weighted by molar-refractivity contribution is -0.133. The van der Waals surface area contributed by atoms with Crippen LogP contribution in [0.3, 0.4) is 0 Å². The highest BCUT2D eigenvalue weighted by Crippen LogP contribution is 2.27. The molecule has 1 amide bonds. The molecule has 0 radical (unpaired) electrons. The molecule has 1 unspecified atom stereocenters. The molecular formula is C19H23N3O2. The van der Waals surface area contributed by atoms with E-state index in [1.54, 1.807) is 17.0 Å². The van der Waals surface area contributed by atoms with Crippen LogP contribution in [0.5, 0.6) is 5.75 Å². The number of piperazine rings is 1. The Kier molecular flexibility index (Phi) is 4.71. The predicted octanol–water partition coefficient (Wildman–Crippen LogP) is 2.05. The Labute approximate surface area is 142 Å². The standard InChI is InChI=1S/C19H23N3O2/c1-14-6-8-15(9-7-14)18(20)19(24)22-12-10-21(11-13-22)16-4-2-3-5-17(16)23/h2-9,18,23H,10-13,20H2,1H3. The van der Waals surface area contributed by atoms with Crippen molar-refractivity contribution in [2.24, 2.45) is 5.73 Å². The van der Waals surface area contributed by atoms with E-state index in [2.05, 4.69) is 4.90 Å². The molecule has 1 aliphatic heterocycles. The Morgan fingerprint density at radius 1 is 1.04 bits per heavy atom. The molecule has 2 aromatic carbocycles. The molecule has 126 valence electrons. The van der Waals surface area contributed by atoms with Crippen molar-refractivity contribution in [2.45, 2.75) is 13.0 Å². The number of carbonyl (C=O) groups is 1. The minimum absolute atomic E-state index is 0.0456. The summed E-state index contributed by atoms with van der Waals surface area (Å²) in [6.45, 7) is 4.59. The van der Waals surface area contributed by atoms with Gasteiger partial charge in [-0.2, -0.15) is 0 Å². The summed E-state index contributed by atoms with van der Waals surface area (Å²) in [6.07, 6.45) is 0. The average molecular weight is 325 g/mol. The maximum atomic E-state index is 12.6. The molecule has 0 spiro atoms. The van der Waals surface area contributed by atoms with Gasteiger partial charge in [-0.3, -0.25) is 4.79 Å². The minimum Gasteiger partial charge on any atom is -0.506 e. The number of nitrogens with zero attached hydrogens (tertiary/aromatic N) is 2. The zero-order valence-electron chi connectivity index (χ0n) is 13.9. The molecule has 0 saturated carbocycles. The zero-order chi connectivity index (χ0) is 17.1. The number of hydrogen-bond donors (Lipinski definition) is 2. The third-order valence-corrected chi connectivity index (χ3v) is 4.52. The van der Waals surface area contributed by atoms with Crippen LogP contribution in [0, 0.1) is 6.92 Å². The lowest BCUT2D eigenvalue weighted by Gasteiger charge is -2.37. The quantitative estimate of drug-likeness (QED) is 0.906. The average Bonchev–Trinajstić information content (AvgIpc) is 2.62. The molecule has 1 aliphatic rings. The Hall–Kier alpha value is -2.53. The number of amides is 1. The van der Waals surface area contributed by atoms with Gasteiger partial charge in [-0.05, 0) is 24.6 Å². The fourth-order valence-electron chi connectivity index (χ4n) is 3.01. The molecule has 0 bridgehead atoms. The van der Waals surface area contributed by atoms with Crippen molar-refractivity contribution >= 4 is 11.6 Å². The maximum absolute atomic E-state index is 12.6. The lowest BCUT2D eigenvalue weighted by Crippen LogP contribution is -2.51. The monoisotopic (exact) mass is 325 g/mol. The Bertz CT molecular complexity index is 707. The third-order valence-electron chi connectivity index (χ3n) is 4.52. The number of aryl methyl sites for hydroxylation is 1. The molecule has 3 N–H and O–H groups in total. The first kappa shape index (κ1) is 16.3. The van der Waals surface area contributed by atoms with E-state index in [9.17, 15) is 9.90 Å². The highest BCUT2D eigenvalue weighted by molar-refractivity contribution is 5.83. The minimum atomic E-state index is -0.623. The van der Waals surface area contributed by atoms with Crippen molar-refractivity contribution in [1.29, 1.82) is 0 Å². The summed E-state index contributed by atoms with van der Waals surface area (Å²) >= 11 is 0. The summed E-state index contributed by atoms with van der Waals surface area (Å²) in [6, 6.07) is 14.4. The zero-order valence-corrected chi connectivity index (χ0v) is 13.9. The molecule has 5 nitrogen and oxygen atoms in total. The number of rotatable bonds is 3. The van der Waals surface area contributed by atoms with Gasteiger partial charge in [-0.1, -0.05) is 42.0 Å². The van der Waals surface area contributed by atoms with Crippen LogP contribution >= 0.6 is 0 Å². The number of hydrogen-bond acceptors (Lipinski definition) is 4. The van der Waals surface area contributed by atoms with Crippen LogP contribution in [0.1, 0.15) is 17.2 Å². The first-order valence-corrected chi connectivity index (χ1v) is 8.20. The van der Waals surface area contributed by atoms with Gasteiger partial charge in [0.1, 0.15) is 11.8 Å². The summed E-state index contributed by atoms with van der Waals surface area (Å²) < 4.78 is 0. The molecule has 0 aliphatic carbocycles. The number of aromatic hydroxyl groups is 1. The van der Waals surface area contributed by atoms with Gasteiger partial charge >= 0.3 is 0 Å². The van der Waals surface area contributed by atoms with Crippen LogP contribution in [0.25, 0.3) is 0 Å². The van der Waals surface area contributed by atoms with Gasteiger partial charge in [0.05, 0.1) is 5.69 Å². The van der Waals surface area contributed by atoms with Gasteiger partial charge in [-0.25, -0.2) is 0 Å². The number of para-hydroxylation sites is 2. The van der Waals surface area contributed by atoms with Gasteiger partial charge in [0.2, 0.25) is 5.91 Å². The molecule has 1 fully saturated rings. The number of carbonyl (C=O) groups excluding carboxylic acids is 1. The van der Waals surface area contributed by atoms with Gasteiger partial charge in [0.25, 0.3) is 0 Å². The van der Waals surface area contributed by atoms with Crippen molar-refractivity contribution < 1.29 is 9.90 Å². The molecule has 1 heterocycles. The molecule has 1 saturated heterocycles. The highest BCUT2D eigenvalue weighted by atomic mass is 16.3. The topological polar surface area (TPSA) is 69.8 Å². The second-order valence-electron chi connectivity index (χ2n) is 6.19. The Morgan fingerprint density at radius 3 is 2.29 bits per heavy atom. The third kappa shape index (κ3) is 3.36. The van der Waals surface area contributed by atoms with E-state index in [1.165, 1.54) is 0 Å². The summed E-state index contributed by atoms with van der Waals surface area (Å²) in [4.78, 5) is 16.5. The van der Waals surface area contributed by atoms with E-state index in [0.717, 1.165) is 16.8 Å². The normalized spacial score (nSPS) is 16.1. The van der Waals surface area contributed by atoms with Crippen LogP contribution in [0.15, 0.2) is 48.5 Å². The molecule has 5 heteroatoms. The van der Waals surface area contributed by atoms with Crippen molar-refractivity contribution in [3.05, 3.63) is 59.7 Å². The number of benzene rings is 2. The smallest absolute Gasteiger partial charge is 0.244 e. The summed E-state index contributed by atoms with van der Waals surface area (Å²) in [5.74, 6) is 0.226. The highest BCUT2D eigenvalue weighted by Gasteiger charge is 2.26. The van der Waals surface area contributed by atoms with Crippen LogP contribution in [-0.2, 0) is 4.79 Å². The fraction of sp³-hybridized carbons (Fsp3) is 0.316. The SMILES string of the molecule is Cc1ccc(C(N)C(=O)N2CCN(c3ccccc3O)CC2)cc1. The van der Waals surface area contributed by atoms with E-state index in [1.807, 2.05) is 43.3 Å². The number of anilines is 1. The van der Waals surface area contributed by atoms with Crippen LogP contribution in [0.2, 0.25) is 0 Å². The predicted molar refractivity (Wildman–Crippen MR) is 95.0 cm³/mol. The number of phenols is 1. The van der Waals surface area contributed by atoms with Crippen molar-refractivity contribution in [3.8, 4) is 5.75 Å². The number of phenolic OH excluding ortho intramolecular Hbond substituents is 1. The van der Waals surface area contributed by atoms with Gasteiger partial charge in [0, 0.05) is 26.2 Å².